The molecular formula is C20H25FN4O3. The van der Waals surface area contributed by atoms with Crippen molar-refractivity contribution in [2.75, 3.05) is 19.7 Å². The molecule has 0 aliphatic carbocycles. The van der Waals surface area contributed by atoms with Gasteiger partial charge in [-0.2, -0.15) is 5.10 Å². The van der Waals surface area contributed by atoms with E-state index in [2.05, 4.69) is 10.4 Å². The molecule has 1 atom stereocenters. The fraction of sp³-hybridized carbons (Fsp3) is 0.500. The van der Waals surface area contributed by atoms with Gasteiger partial charge in [-0.25, -0.2) is 13.9 Å². The lowest BCUT2D eigenvalue weighted by Gasteiger charge is -2.46. The van der Waals surface area contributed by atoms with Crippen LogP contribution in [-0.2, 0) is 11.3 Å². The lowest BCUT2D eigenvalue weighted by Crippen LogP contribution is -2.57. The number of aliphatic hydroxyl groups excluding tert-OH is 1. The van der Waals surface area contributed by atoms with Crippen molar-refractivity contribution in [3.63, 3.8) is 0 Å². The zero-order valence-electron chi connectivity index (χ0n) is 15.7. The summed E-state index contributed by atoms with van der Waals surface area (Å²) in [7, 11) is 0. The van der Waals surface area contributed by atoms with E-state index < -0.39 is 11.7 Å². The number of aliphatic hydroxyl groups is 1. The van der Waals surface area contributed by atoms with E-state index in [-0.39, 0.29) is 11.8 Å². The van der Waals surface area contributed by atoms with Gasteiger partial charge in [-0.3, -0.25) is 0 Å². The number of carbonyl (C=O) groups excluding carboxylic acids is 1. The summed E-state index contributed by atoms with van der Waals surface area (Å²) in [6.07, 6.45) is 5.94. The number of halogens is 1. The van der Waals surface area contributed by atoms with E-state index in [0.717, 1.165) is 18.4 Å². The van der Waals surface area contributed by atoms with E-state index in [0.29, 0.717) is 44.8 Å². The Balaban J connectivity index is 1.29. The van der Waals surface area contributed by atoms with Gasteiger partial charge >= 0.3 is 6.03 Å². The summed E-state index contributed by atoms with van der Waals surface area (Å²) in [5.41, 5.74) is 0.975. The van der Waals surface area contributed by atoms with E-state index >= 15 is 0 Å². The molecule has 8 heteroatoms. The minimum absolute atomic E-state index is 0.140. The molecule has 0 radical (unpaired) electrons. The van der Waals surface area contributed by atoms with Crippen LogP contribution in [0.1, 0.15) is 31.2 Å². The third-order valence-corrected chi connectivity index (χ3v) is 5.67. The van der Waals surface area contributed by atoms with Gasteiger partial charge in [-0.05, 0) is 43.9 Å². The molecule has 0 unspecified atom stereocenters. The van der Waals surface area contributed by atoms with Crippen LogP contribution in [0.15, 0.2) is 36.7 Å². The van der Waals surface area contributed by atoms with Crippen molar-refractivity contribution in [1.82, 2.24) is 20.0 Å². The quantitative estimate of drug-likeness (QED) is 0.845. The first-order valence-electron chi connectivity index (χ1n) is 9.70. The van der Waals surface area contributed by atoms with Gasteiger partial charge in [0.15, 0.2) is 0 Å². The molecule has 1 aromatic carbocycles. The largest absolute Gasteiger partial charge is 0.390 e. The van der Waals surface area contributed by atoms with Gasteiger partial charge in [-0.15, -0.1) is 0 Å². The first-order valence-corrected chi connectivity index (χ1v) is 9.70. The van der Waals surface area contributed by atoms with Crippen LogP contribution in [0.2, 0.25) is 0 Å². The number of aromatic nitrogens is 2. The SMILES string of the molecule is O=C(NCc1cnn(-c2cccc(F)c2)c1)N1CCC2(CC1)OCCC[C@H]2O. The number of carbonyl (C=O) groups is 1. The number of hydrogen-bond acceptors (Lipinski definition) is 4. The molecule has 2 N–H and O–H groups in total. The summed E-state index contributed by atoms with van der Waals surface area (Å²) in [5, 5.41) is 17.4. The van der Waals surface area contributed by atoms with Crippen LogP contribution in [0.4, 0.5) is 9.18 Å². The number of benzene rings is 1. The number of nitrogens with zero attached hydrogens (tertiary/aromatic N) is 3. The molecule has 150 valence electrons. The maximum Gasteiger partial charge on any atom is 0.317 e. The van der Waals surface area contributed by atoms with Gasteiger partial charge in [0.1, 0.15) is 5.82 Å². The standard InChI is InChI=1S/C20H25FN4O3/c21-16-3-1-4-17(11-16)25-14-15(13-23-25)12-22-19(27)24-8-6-20(7-9-24)18(26)5-2-10-28-20/h1,3-4,11,13-14,18,26H,2,5-10,12H2,(H,22,27)/t18-/m1/s1. The molecule has 2 fully saturated rings. The van der Waals surface area contributed by atoms with Crippen LogP contribution in [0.3, 0.4) is 0 Å². The van der Waals surface area contributed by atoms with Gasteiger partial charge in [0, 0.05) is 38.0 Å². The summed E-state index contributed by atoms with van der Waals surface area (Å²) in [5.74, 6) is -0.321. The Kier molecular flexibility index (Phi) is 5.32. The van der Waals surface area contributed by atoms with Crippen LogP contribution >= 0.6 is 0 Å². The topological polar surface area (TPSA) is 79.6 Å². The van der Waals surface area contributed by atoms with Crippen molar-refractivity contribution in [3.8, 4) is 5.69 Å². The van der Waals surface area contributed by atoms with E-state index in [9.17, 15) is 14.3 Å². The lowest BCUT2D eigenvalue weighted by atomic mass is 9.82. The summed E-state index contributed by atoms with van der Waals surface area (Å²) in [4.78, 5) is 14.2. The van der Waals surface area contributed by atoms with Crippen molar-refractivity contribution >= 4 is 6.03 Å². The highest BCUT2D eigenvalue weighted by Crippen LogP contribution is 2.35. The van der Waals surface area contributed by atoms with Gasteiger partial charge in [0.25, 0.3) is 0 Å². The number of ether oxygens (including phenoxy) is 1. The van der Waals surface area contributed by atoms with Gasteiger partial charge in [0.2, 0.25) is 0 Å². The second-order valence-electron chi connectivity index (χ2n) is 7.49. The summed E-state index contributed by atoms with van der Waals surface area (Å²) in [6.45, 7) is 2.14. The van der Waals surface area contributed by atoms with E-state index in [1.54, 1.807) is 34.1 Å². The molecular weight excluding hydrogens is 363 g/mol. The number of likely N-dealkylation sites (tertiary alicyclic amines) is 1. The monoisotopic (exact) mass is 388 g/mol. The first kappa shape index (κ1) is 18.9. The van der Waals surface area contributed by atoms with Crippen molar-refractivity contribution in [3.05, 3.63) is 48.0 Å². The number of urea groups is 1. The van der Waals surface area contributed by atoms with Crippen LogP contribution in [0.5, 0.6) is 0 Å². The predicted molar refractivity (Wildman–Crippen MR) is 100 cm³/mol. The molecule has 7 nitrogen and oxygen atoms in total. The minimum atomic E-state index is -0.485. The minimum Gasteiger partial charge on any atom is -0.390 e. The molecule has 0 saturated carbocycles. The predicted octanol–water partition coefficient (Wildman–Crippen LogP) is 2.23. The van der Waals surface area contributed by atoms with Crippen LogP contribution in [-0.4, -0.2) is 57.2 Å². The Labute approximate surface area is 163 Å². The van der Waals surface area contributed by atoms with E-state index in [4.69, 9.17) is 4.74 Å². The summed E-state index contributed by atoms with van der Waals surface area (Å²) in [6, 6.07) is 6.04. The number of rotatable bonds is 3. The molecule has 2 aliphatic heterocycles. The first-order chi connectivity index (χ1) is 13.6. The third-order valence-electron chi connectivity index (χ3n) is 5.67. The number of nitrogens with one attached hydrogen (secondary N) is 1. The van der Waals surface area contributed by atoms with Crippen molar-refractivity contribution in [2.24, 2.45) is 0 Å². The molecule has 1 aromatic heterocycles. The highest BCUT2D eigenvalue weighted by atomic mass is 19.1. The molecule has 1 spiro atoms. The average molecular weight is 388 g/mol. The van der Waals surface area contributed by atoms with Crippen molar-refractivity contribution in [1.29, 1.82) is 0 Å². The molecule has 2 amide bonds. The van der Waals surface area contributed by atoms with E-state index in [1.165, 1.54) is 12.1 Å². The highest BCUT2D eigenvalue weighted by molar-refractivity contribution is 5.74. The summed E-state index contributed by atoms with van der Waals surface area (Å²) < 4.78 is 20.8. The lowest BCUT2D eigenvalue weighted by molar-refractivity contribution is -0.173. The zero-order chi connectivity index (χ0) is 19.6. The van der Waals surface area contributed by atoms with Gasteiger partial charge in [0.05, 0.1) is 23.6 Å². The molecule has 4 rings (SSSR count). The Morgan fingerprint density at radius 2 is 2.21 bits per heavy atom. The Hall–Kier alpha value is -2.45. The number of amides is 2. The second kappa shape index (κ2) is 7.89. The fourth-order valence-electron chi connectivity index (χ4n) is 3.98. The molecule has 2 saturated heterocycles. The maximum atomic E-state index is 13.3. The van der Waals surface area contributed by atoms with Gasteiger partial charge in [-0.1, -0.05) is 6.07 Å². The summed E-state index contributed by atoms with van der Waals surface area (Å²) >= 11 is 0. The zero-order valence-corrected chi connectivity index (χ0v) is 15.7. The van der Waals surface area contributed by atoms with Crippen LogP contribution in [0, 0.1) is 5.82 Å². The van der Waals surface area contributed by atoms with Gasteiger partial charge < -0.3 is 20.1 Å². The smallest absolute Gasteiger partial charge is 0.317 e. The molecule has 2 aromatic rings. The Morgan fingerprint density at radius 3 is 2.96 bits per heavy atom. The third kappa shape index (κ3) is 3.88. The normalized spacial score (nSPS) is 21.6. The molecule has 0 bridgehead atoms. The number of hydrogen-bond donors (Lipinski definition) is 2. The van der Waals surface area contributed by atoms with Crippen LogP contribution in [0.25, 0.3) is 5.69 Å². The molecule has 28 heavy (non-hydrogen) atoms. The maximum absolute atomic E-state index is 13.3. The number of piperidine rings is 1. The highest BCUT2D eigenvalue weighted by Gasteiger charge is 2.44. The molecule has 2 aliphatic rings. The Bertz CT molecular complexity index is 832. The van der Waals surface area contributed by atoms with Crippen molar-refractivity contribution < 1.29 is 19.0 Å². The van der Waals surface area contributed by atoms with Crippen molar-refractivity contribution in [2.45, 2.75) is 43.9 Å². The molecule has 3 heterocycles. The van der Waals surface area contributed by atoms with Crippen LogP contribution < -0.4 is 5.32 Å². The second-order valence-corrected chi connectivity index (χ2v) is 7.49. The van der Waals surface area contributed by atoms with E-state index in [1.807, 2.05) is 0 Å². The Morgan fingerprint density at radius 1 is 1.39 bits per heavy atom. The average Bonchev–Trinajstić information content (AvgIpc) is 3.18. The fourth-order valence-corrected chi connectivity index (χ4v) is 3.98.